The zero-order chi connectivity index (χ0) is 10.0. The minimum absolute atomic E-state index is 0.240. The van der Waals surface area contributed by atoms with E-state index in [2.05, 4.69) is 12.4 Å². The minimum Gasteiger partial charge on any atom is -0.380 e. The van der Waals surface area contributed by atoms with Crippen LogP contribution in [0.5, 0.6) is 0 Å². The SMILES string of the molecule is CNC(C1CCCC1)C1(CN)COC1. The Bertz CT molecular complexity index is 180. The van der Waals surface area contributed by atoms with E-state index in [0.717, 1.165) is 25.7 Å². The summed E-state index contributed by atoms with van der Waals surface area (Å²) in [7, 11) is 2.07. The molecule has 14 heavy (non-hydrogen) atoms. The fourth-order valence-corrected chi connectivity index (χ4v) is 3.12. The van der Waals surface area contributed by atoms with Crippen molar-refractivity contribution in [2.45, 2.75) is 31.7 Å². The van der Waals surface area contributed by atoms with E-state index in [9.17, 15) is 0 Å². The molecule has 0 aromatic rings. The van der Waals surface area contributed by atoms with Gasteiger partial charge in [-0.15, -0.1) is 0 Å². The van der Waals surface area contributed by atoms with Gasteiger partial charge in [-0.3, -0.25) is 0 Å². The molecule has 0 bridgehead atoms. The van der Waals surface area contributed by atoms with Gasteiger partial charge in [0.25, 0.3) is 0 Å². The fraction of sp³-hybridized carbons (Fsp3) is 1.00. The van der Waals surface area contributed by atoms with Crippen molar-refractivity contribution >= 4 is 0 Å². The van der Waals surface area contributed by atoms with Crippen LogP contribution >= 0.6 is 0 Å². The highest BCUT2D eigenvalue weighted by molar-refractivity contribution is 5.00. The molecular formula is C11H22N2O. The fourth-order valence-electron chi connectivity index (χ4n) is 3.12. The normalized spacial score (nSPS) is 28.7. The van der Waals surface area contributed by atoms with E-state index in [0.29, 0.717) is 6.04 Å². The molecule has 1 aliphatic heterocycles. The Morgan fingerprint density at radius 3 is 2.43 bits per heavy atom. The first kappa shape index (κ1) is 10.4. The summed E-state index contributed by atoms with van der Waals surface area (Å²) in [5.41, 5.74) is 6.13. The van der Waals surface area contributed by atoms with Crippen molar-refractivity contribution in [3.05, 3.63) is 0 Å². The van der Waals surface area contributed by atoms with Crippen molar-refractivity contribution in [2.24, 2.45) is 17.1 Å². The minimum atomic E-state index is 0.240. The van der Waals surface area contributed by atoms with Crippen molar-refractivity contribution in [1.82, 2.24) is 5.32 Å². The molecule has 3 heteroatoms. The average molecular weight is 198 g/mol. The molecule has 0 amide bonds. The van der Waals surface area contributed by atoms with Gasteiger partial charge in [0.1, 0.15) is 0 Å². The molecule has 1 saturated carbocycles. The first-order valence-electron chi connectivity index (χ1n) is 5.77. The monoisotopic (exact) mass is 198 g/mol. The smallest absolute Gasteiger partial charge is 0.0572 e. The molecule has 1 heterocycles. The molecule has 2 fully saturated rings. The summed E-state index contributed by atoms with van der Waals surface area (Å²) in [4.78, 5) is 0. The molecule has 0 radical (unpaired) electrons. The Balaban J connectivity index is 2.03. The average Bonchev–Trinajstić information content (AvgIpc) is 2.63. The standard InChI is InChI=1S/C11H22N2O/c1-13-10(9-4-2-3-5-9)11(6-12)7-14-8-11/h9-10,13H,2-8,12H2,1H3. The highest BCUT2D eigenvalue weighted by Gasteiger charge is 2.47. The number of rotatable bonds is 4. The number of ether oxygens (including phenoxy) is 1. The molecule has 3 nitrogen and oxygen atoms in total. The number of nitrogens with one attached hydrogen (secondary N) is 1. The zero-order valence-electron chi connectivity index (χ0n) is 9.09. The molecular weight excluding hydrogens is 176 g/mol. The topological polar surface area (TPSA) is 47.3 Å². The molecule has 0 aromatic heterocycles. The van der Waals surface area contributed by atoms with Crippen molar-refractivity contribution in [3.63, 3.8) is 0 Å². The van der Waals surface area contributed by atoms with Gasteiger partial charge in [0.15, 0.2) is 0 Å². The van der Waals surface area contributed by atoms with E-state index in [1.165, 1.54) is 25.7 Å². The quantitative estimate of drug-likeness (QED) is 0.700. The van der Waals surface area contributed by atoms with Crippen molar-refractivity contribution in [1.29, 1.82) is 0 Å². The first-order valence-corrected chi connectivity index (χ1v) is 5.77. The summed E-state index contributed by atoms with van der Waals surface area (Å²) >= 11 is 0. The van der Waals surface area contributed by atoms with Gasteiger partial charge >= 0.3 is 0 Å². The third-order valence-electron chi connectivity index (χ3n) is 4.03. The van der Waals surface area contributed by atoms with Gasteiger partial charge in [-0.1, -0.05) is 12.8 Å². The second-order valence-corrected chi connectivity index (χ2v) is 4.87. The summed E-state index contributed by atoms with van der Waals surface area (Å²) in [6, 6.07) is 0.573. The van der Waals surface area contributed by atoms with Crippen LogP contribution in [0.3, 0.4) is 0 Å². The molecule has 1 unspecified atom stereocenters. The van der Waals surface area contributed by atoms with Crippen LogP contribution in [-0.4, -0.2) is 32.8 Å². The molecule has 0 aromatic carbocycles. The summed E-state index contributed by atoms with van der Waals surface area (Å²) in [5.74, 6) is 0.826. The third kappa shape index (κ3) is 1.58. The predicted octanol–water partition coefficient (Wildman–Crippen LogP) is 0.740. The van der Waals surface area contributed by atoms with Crippen molar-refractivity contribution in [3.8, 4) is 0 Å². The van der Waals surface area contributed by atoms with Gasteiger partial charge in [-0.05, 0) is 25.8 Å². The first-order chi connectivity index (χ1) is 6.82. The van der Waals surface area contributed by atoms with E-state index in [1.807, 2.05) is 0 Å². The summed E-state index contributed by atoms with van der Waals surface area (Å²) < 4.78 is 5.35. The van der Waals surface area contributed by atoms with Gasteiger partial charge in [0.05, 0.1) is 13.2 Å². The van der Waals surface area contributed by atoms with E-state index in [-0.39, 0.29) is 5.41 Å². The lowest BCUT2D eigenvalue weighted by molar-refractivity contribution is -0.134. The maximum absolute atomic E-state index is 5.89. The van der Waals surface area contributed by atoms with Crippen LogP contribution in [0, 0.1) is 11.3 Å². The predicted molar refractivity (Wildman–Crippen MR) is 57.1 cm³/mol. The number of hydrogen-bond acceptors (Lipinski definition) is 3. The molecule has 82 valence electrons. The maximum atomic E-state index is 5.89. The van der Waals surface area contributed by atoms with Crippen molar-refractivity contribution in [2.75, 3.05) is 26.8 Å². The second-order valence-electron chi connectivity index (χ2n) is 4.87. The lowest BCUT2D eigenvalue weighted by Gasteiger charge is -2.48. The lowest BCUT2D eigenvalue weighted by atomic mass is 9.72. The van der Waals surface area contributed by atoms with Crippen LogP contribution in [0.1, 0.15) is 25.7 Å². The molecule has 1 saturated heterocycles. The molecule has 2 aliphatic rings. The Hall–Kier alpha value is -0.120. The molecule has 1 atom stereocenters. The number of nitrogens with two attached hydrogens (primary N) is 1. The van der Waals surface area contributed by atoms with Crippen LogP contribution in [0.4, 0.5) is 0 Å². The Morgan fingerprint density at radius 1 is 1.43 bits per heavy atom. The van der Waals surface area contributed by atoms with Crippen LogP contribution in [0.15, 0.2) is 0 Å². The summed E-state index contributed by atoms with van der Waals surface area (Å²) in [6.45, 7) is 2.46. The second kappa shape index (κ2) is 4.17. The van der Waals surface area contributed by atoms with Gasteiger partial charge in [-0.25, -0.2) is 0 Å². The molecule has 3 N–H and O–H groups in total. The van der Waals surface area contributed by atoms with Crippen LogP contribution < -0.4 is 11.1 Å². The largest absolute Gasteiger partial charge is 0.380 e. The Labute approximate surface area is 86.4 Å². The van der Waals surface area contributed by atoms with Gasteiger partial charge in [-0.2, -0.15) is 0 Å². The molecule has 2 rings (SSSR count). The van der Waals surface area contributed by atoms with E-state index in [1.54, 1.807) is 0 Å². The van der Waals surface area contributed by atoms with Crippen molar-refractivity contribution < 1.29 is 4.74 Å². The van der Waals surface area contributed by atoms with Gasteiger partial charge in [0.2, 0.25) is 0 Å². The van der Waals surface area contributed by atoms with Crippen LogP contribution in [-0.2, 0) is 4.74 Å². The van der Waals surface area contributed by atoms with Crippen LogP contribution in [0.2, 0.25) is 0 Å². The Kier molecular flexibility index (Phi) is 3.10. The summed E-state index contributed by atoms with van der Waals surface area (Å²) in [5, 5.41) is 3.48. The van der Waals surface area contributed by atoms with Gasteiger partial charge in [0, 0.05) is 18.0 Å². The van der Waals surface area contributed by atoms with Gasteiger partial charge < -0.3 is 15.8 Å². The van der Waals surface area contributed by atoms with E-state index < -0.39 is 0 Å². The zero-order valence-corrected chi connectivity index (χ0v) is 9.09. The lowest BCUT2D eigenvalue weighted by Crippen LogP contribution is -2.62. The molecule has 0 spiro atoms. The maximum Gasteiger partial charge on any atom is 0.0572 e. The number of hydrogen-bond donors (Lipinski definition) is 2. The Morgan fingerprint density at radius 2 is 2.07 bits per heavy atom. The van der Waals surface area contributed by atoms with Crippen LogP contribution in [0.25, 0.3) is 0 Å². The molecule has 1 aliphatic carbocycles. The summed E-state index contributed by atoms with van der Waals surface area (Å²) in [6.07, 6.45) is 5.52. The third-order valence-corrected chi connectivity index (χ3v) is 4.03. The van der Waals surface area contributed by atoms with E-state index in [4.69, 9.17) is 10.5 Å². The highest BCUT2D eigenvalue weighted by Crippen LogP contribution is 2.39. The highest BCUT2D eigenvalue weighted by atomic mass is 16.5. The van der Waals surface area contributed by atoms with E-state index >= 15 is 0 Å².